The largest absolute Gasteiger partial charge is 0.397 e. The van der Waals surface area contributed by atoms with Gasteiger partial charge in [-0.05, 0) is 55.3 Å². The topological polar surface area (TPSA) is 72.2 Å². The molecule has 20 heavy (non-hydrogen) atoms. The SMILES string of the molecule is Cc1ccc(S(=O)(=O)Nc2ccc(Cl)cc2N)cc1C. The molecule has 0 aliphatic carbocycles. The Balaban J connectivity index is 2.38. The lowest BCUT2D eigenvalue weighted by molar-refractivity contribution is 0.601. The van der Waals surface area contributed by atoms with Crippen LogP contribution in [0.1, 0.15) is 11.1 Å². The normalized spacial score (nSPS) is 11.3. The molecule has 0 saturated carbocycles. The number of halogens is 1. The highest BCUT2D eigenvalue weighted by atomic mass is 35.5. The van der Waals surface area contributed by atoms with Crippen LogP contribution in [0.5, 0.6) is 0 Å². The Morgan fingerprint density at radius 1 is 1.05 bits per heavy atom. The maximum Gasteiger partial charge on any atom is 0.261 e. The quantitative estimate of drug-likeness (QED) is 0.854. The maximum absolute atomic E-state index is 12.3. The van der Waals surface area contributed by atoms with Gasteiger partial charge >= 0.3 is 0 Å². The highest BCUT2D eigenvalue weighted by molar-refractivity contribution is 7.92. The van der Waals surface area contributed by atoms with Crippen molar-refractivity contribution < 1.29 is 8.42 Å². The molecule has 0 spiro atoms. The monoisotopic (exact) mass is 310 g/mol. The summed E-state index contributed by atoms with van der Waals surface area (Å²) in [5.41, 5.74) is 8.30. The van der Waals surface area contributed by atoms with E-state index in [1.54, 1.807) is 24.3 Å². The predicted octanol–water partition coefficient (Wildman–Crippen LogP) is 3.34. The molecule has 0 bridgehead atoms. The van der Waals surface area contributed by atoms with Gasteiger partial charge in [0.25, 0.3) is 10.0 Å². The molecule has 0 aromatic heterocycles. The first kappa shape index (κ1) is 14.7. The number of nitrogens with one attached hydrogen (secondary N) is 1. The fraction of sp³-hybridized carbons (Fsp3) is 0.143. The number of hydrogen-bond donors (Lipinski definition) is 2. The summed E-state index contributed by atoms with van der Waals surface area (Å²) in [5.74, 6) is 0. The van der Waals surface area contributed by atoms with Crippen molar-refractivity contribution in [3.63, 3.8) is 0 Å². The standard InChI is InChI=1S/C14H15ClN2O2S/c1-9-3-5-12(7-10(9)2)20(18,19)17-14-6-4-11(15)8-13(14)16/h3-8,17H,16H2,1-2H3. The van der Waals surface area contributed by atoms with Crippen molar-refractivity contribution in [2.24, 2.45) is 0 Å². The van der Waals surface area contributed by atoms with Gasteiger partial charge in [0.2, 0.25) is 0 Å². The number of aryl methyl sites for hydroxylation is 2. The zero-order valence-corrected chi connectivity index (χ0v) is 12.7. The Labute approximate surface area is 123 Å². The Bertz CT molecular complexity index is 758. The third kappa shape index (κ3) is 3.05. The van der Waals surface area contributed by atoms with E-state index in [9.17, 15) is 8.42 Å². The van der Waals surface area contributed by atoms with Gasteiger partial charge in [-0.1, -0.05) is 17.7 Å². The lowest BCUT2D eigenvalue weighted by Gasteiger charge is -2.11. The Hall–Kier alpha value is -1.72. The fourth-order valence-electron chi connectivity index (χ4n) is 1.71. The first-order chi connectivity index (χ1) is 9.29. The molecule has 0 aliphatic rings. The van der Waals surface area contributed by atoms with E-state index < -0.39 is 10.0 Å². The van der Waals surface area contributed by atoms with Crippen LogP contribution in [0.4, 0.5) is 11.4 Å². The number of nitrogens with two attached hydrogens (primary N) is 1. The summed E-state index contributed by atoms with van der Waals surface area (Å²) in [7, 11) is -3.66. The molecule has 0 atom stereocenters. The van der Waals surface area contributed by atoms with E-state index in [2.05, 4.69) is 4.72 Å². The number of sulfonamides is 1. The molecule has 0 radical (unpaired) electrons. The average molecular weight is 311 g/mol. The van der Waals surface area contributed by atoms with Crippen LogP contribution in [-0.4, -0.2) is 8.42 Å². The van der Waals surface area contributed by atoms with Gasteiger partial charge < -0.3 is 5.73 Å². The molecule has 6 heteroatoms. The van der Waals surface area contributed by atoms with Crippen molar-refractivity contribution in [3.8, 4) is 0 Å². The van der Waals surface area contributed by atoms with Crippen molar-refractivity contribution in [3.05, 3.63) is 52.5 Å². The van der Waals surface area contributed by atoms with E-state index in [4.69, 9.17) is 17.3 Å². The molecule has 3 N–H and O–H groups in total. The smallest absolute Gasteiger partial charge is 0.261 e. The molecule has 0 saturated heterocycles. The van der Waals surface area contributed by atoms with Crippen molar-refractivity contribution in [2.45, 2.75) is 18.7 Å². The lowest BCUT2D eigenvalue weighted by atomic mass is 10.1. The highest BCUT2D eigenvalue weighted by Gasteiger charge is 2.16. The summed E-state index contributed by atoms with van der Waals surface area (Å²) in [6.45, 7) is 3.79. The summed E-state index contributed by atoms with van der Waals surface area (Å²) < 4.78 is 27.1. The van der Waals surface area contributed by atoms with Gasteiger partial charge in [-0.2, -0.15) is 0 Å². The molecule has 0 heterocycles. The van der Waals surface area contributed by atoms with E-state index in [-0.39, 0.29) is 10.6 Å². The molecule has 0 fully saturated rings. The van der Waals surface area contributed by atoms with Gasteiger partial charge in [0, 0.05) is 5.02 Å². The molecule has 106 valence electrons. The van der Waals surface area contributed by atoms with Crippen LogP contribution in [0.25, 0.3) is 0 Å². The van der Waals surface area contributed by atoms with Crippen LogP contribution in [-0.2, 0) is 10.0 Å². The van der Waals surface area contributed by atoms with Gasteiger partial charge in [0.1, 0.15) is 0 Å². The third-order valence-corrected chi connectivity index (χ3v) is 4.64. The van der Waals surface area contributed by atoms with Crippen LogP contribution in [0.2, 0.25) is 5.02 Å². The van der Waals surface area contributed by atoms with Crippen molar-refractivity contribution in [1.82, 2.24) is 0 Å². The second-order valence-electron chi connectivity index (χ2n) is 4.58. The van der Waals surface area contributed by atoms with E-state index in [1.165, 1.54) is 12.1 Å². The zero-order valence-electron chi connectivity index (χ0n) is 11.1. The van der Waals surface area contributed by atoms with Crippen LogP contribution in [0.3, 0.4) is 0 Å². The van der Waals surface area contributed by atoms with Crippen molar-refractivity contribution in [2.75, 3.05) is 10.5 Å². The molecule has 0 amide bonds. The predicted molar refractivity (Wildman–Crippen MR) is 82.6 cm³/mol. The molecule has 4 nitrogen and oxygen atoms in total. The van der Waals surface area contributed by atoms with E-state index in [0.717, 1.165) is 11.1 Å². The van der Waals surface area contributed by atoms with Crippen molar-refractivity contribution >= 4 is 33.0 Å². The minimum absolute atomic E-state index is 0.204. The number of anilines is 2. The van der Waals surface area contributed by atoms with E-state index in [0.29, 0.717) is 10.7 Å². The average Bonchev–Trinajstić information content (AvgIpc) is 2.36. The van der Waals surface area contributed by atoms with Gasteiger partial charge in [-0.15, -0.1) is 0 Å². The molecule has 2 aromatic carbocycles. The summed E-state index contributed by atoms with van der Waals surface area (Å²) >= 11 is 5.79. The molecular formula is C14H15ClN2O2S. The molecule has 2 rings (SSSR count). The summed E-state index contributed by atoms with van der Waals surface area (Å²) in [6, 6.07) is 9.59. The zero-order chi connectivity index (χ0) is 14.9. The minimum atomic E-state index is -3.66. The van der Waals surface area contributed by atoms with Crippen LogP contribution in [0.15, 0.2) is 41.3 Å². The van der Waals surface area contributed by atoms with Gasteiger partial charge in [0.05, 0.1) is 16.3 Å². The second kappa shape index (κ2) is 5.34. The van der Waals surface area contributed by atoms with Crippen LogP contribution < -0.4 is 10.5 Å². The summed E-state index contributed by atoms with van der Waals surface area (Å²) in [4.78, 5) is 0.204. The summed E-state index contributed by atoms with van der Waals surface area (Å²) in [6.07, 6.45) is 0. The van der Waals surface area contributed by atoms with Crippen LogP contribution in [0, 0.1) is 13.8 Å². The highest BCUT2D eigenvalue weighted by Crippen LogP contribution is 2.25. The molecule has 2 aromatic rings. The maximum atomic E-state index is 12.3. The Morgan fingerprint density at radius 3 is 2.35 bits per heavy atom. The Morgan fingerprint density at radius 2 is 1.75 bits per heavy atom. The molecule has 0 aliphatic heterocycles. The van der Waals surface area contributed by atoms with Crippen LogP contribution >= 0.6 is 11.6 Å². The fourth-order valence-corrected chi connectivity index (χ4v) is 3.06. The Kier molecular flexibility index (Phi) is 3.92. The van der Waals surface area contributed by atoms with Gasteiger partial charge in [-0.25, -0.2) is 8.42 Å². The summed E-state index contributed by atoms with van der Waals surface area (Å²) in [5, 5.41) is 0.455. The molecular weight excluding hydrogens is 296 g/mol. The second-order valence-corrected chi connectivity index (χ2v) is 6.70. The number of benzene rings is 2. The van der Waals surface area contributed by atoms with Gasteiger partial charge in [-0.3, -0.25) is 4.72 Å². The number of rotatable bonds is 3. The lowest BCUT2D eigenvalue weighted by Crippen LogP contribution is -2.14. The van der Waals surface area contributed by atoms with E-state index in [1.807, 2.05) is 13.8 Å². The number of nitrogen functional groups attached to an aromatic ring is 1. The first-order valence-electron chi connectivity index (χ1n) is 5.95. The minimum Gasteiger partial charge on any atom is -0.397 e. The third-order valence-electron chi connectivity index (χ3n) is 3.05. The number of hydrogen-bond acceptors (Lipinski definition) is 3. The van der Waals surface area contributed by atoms with E-state index >= 15 is 0 Å². The first-order valence-corrected chi connectivity index (χ1v) is 7.81. The molecule has 0 unspecified atom stereocenters. The van der Waals surface area contributed by atoms with Crippen molar-refractivity contribution in [1.29, 1.82) is 0 Å². The van der Waals surface area contributed by atoms with Gasteiger partial charge in [0.15, 0.2) is 0 Å².